The first kappa shape index (κ1) is 19.5. The first-order valence-corrected chi connectivity index (χ1v) is 8.80. The van der Waals surface area contributed by atoms with Crippen LogP contribution >= 0.6 is 0 Å². The molecule has 0 aliphatic rings. The van der Waals surface area contributed by atoms with Crippen LogP contribution in [0, 0.1) is 6.92 Å². The largest absolute Gasteiger partial charge is 0.496 e. The van der Waals surface area contributed by atoms with E-state index in [9.17, 15) is 4.79 Å². The third-order valence-electron chi connectivity index (χ3n) is 3.94. The van der Waals surface area contributed by atoms with Gasteiger partial charge in [-0.1, -0.05) is 24.3 Å². The lowest BCUT2D eigenvalue weighted by Crippen LogP contribution is -2.17. The molecule has 0 radical (unpaired) electrons. The molecule has 0 saturated carbocycles. The highest BCUT2D eigenvalue weighted by atomic mass is 16.5. The zero-order valence-corrected chi connectivity index (χ0v) is 15.6. The SMILES string of the molecule is CCOc1ccc(CCCC(=O)N/N=C\c2ccc(C)c(OC)c2)cc1. The molecule has 2 aromatic carbocycles. The second-order valence-electron chi connectivity index (χ2n) is 5.95. The molecular formula is C21H26N2O3. The highest BCUT2D eigenvalue weighted by molar-refractivity contribution is 5.83. The third kappa shape index (κ3) is 6.24. The molecule has 0 atom stereocenters. The summed E-state index contributed by atoms with van der Waals surface area (Å²) >= 11 is 0. The Morgan fingerprint density at radius 1 is 1.19 bits per heavy atom. The number of carbonyl (C=O) groups is 1. The summed E-state index contributed by atoms with van der Waals surface area (Å²) < 4.78 is 10.7. The van der Waals surface area contributed by atoms with Crippen LogP contribution in [0.1, 0.15) is 36.5 Å². The van der Waals surface area contributed by atoms with E-state index in [1.165, 1.54) is 5.56 Å². The van der Waals surface area contributed by atoms with Crippen LogP contribution in [-0.2, 0) is 11.2 Å². The lowest BCUT2D eigenvalue weighted by atomic mass is 10.1. The van der Waals surface area contributed by atoms with Gasteiger partial charge < -0.3 is 9.47 Å². The molecule has 0 bridgehead atoms. The quantitative estimate of drug-likeness (QED) is 0.549. The third-order valence-corrected chi connectivity index (χ3v) is 3.94. The predicted octanol–water partition coefficient (Wildman–Crippen LogP) is 3.88. The maximum Gasteiger partial charge on any atom is 0.240 e. The van der Waals surface area contributed by atoms with Gasteiger partial charge in [-0.2, -0.15) is 5.10 Å². The van der Waals surface area contributed by atoms with E-state index < -0.39 is 0 Å². The van der Waals surface area contributed by atoms with Crippen LogP contribution in [-0.4, -0.2) is 25.8 Å². The van der Waals surface area contributed by atoms with Crippen molar-refractivity contribution in [3.63, 3.8) is 0 Å². The van der Waals surface area contributed by atoms with Gasteiger partial charge in [0.25, 0.3) is 0 Å². The molecule has 0 spiro atoms. The fraction of sp³-hybridized carbons (Fsp3) is 0.333. The molecule has 26 heavy (non-hydrogen) atoms. The Morgan fingerprint density at radius 3 is 2.65 bits per heavy atom. The number of nitrogens with one attached hydrogen (secondary N) is 1. The monoisotopic (exact) mass is 354 g/mol. The molecular weight excluding hydrogens is 328 g/mol. The normalized spacial score (nSPS) is 10.7. The molecule has 2 rings (SSSR count). The minimum absolute atomic E-state index is 0.0914. The number of nitrogens with zero attached hydrogens (tertiary/aromatic N) is 1. The van der Waals surface area contributed by atoms with E-state index in [0.29, 0.717) is 13.0 Å². The number of rotatable bonds is 9. The summed E-state index contributed by atoms with van der Waals surface area (Å²) in [6.07, 6.45) is 3.67. The minimum atomic E-state index is -0.0914. The van der Waals surface area contributed by atoms with Gasteiger partial charge in [-0.05, 0) is 61.6 Å². The van der Waals surface area contributed by atoms with Crippen molar-refractivity contribution in [2.75, 3.05) is 13.7 Å². The molecule has 0 unspecified atom stereocenters. The van der Waals surface area contributed by atoms with Crippen LogP contribution < -0.4 is 14.9 Å². The first-order valence-electron chi connectivity index (χ1n) is 8.80. The van der Waals surface area contributed by atoms with Crippen LogP contribution in [0.25, 0.3) is 0 Å². The summed E-state index contributed by atoms with van der Waals surface area (Å²) in [4.78, 5) is 11.9. The fourth-order valence-electron chi connectivity index (χ4n) is 2.52. The van der Waals surface area contributed by atoms with Crippen LogP contribution in [0.15, 0.2) is 47.6 Å². The molecule has 1 N–H and O–H groups in total. The summed E-state index contributed by atoms with van der Waals surface area (Å²) in [5.74, 6) is 1.58. The number of hydrogen-bond acceptors (Lipinski definition) is 4. The second-order valence-corrected chi connectivity index (χ2v) is 5.95. The number of methoxy groups -OCH3 is 1. The highest BCUT2D eigenvalue weighted by Crippen LogP contribution is 2.17. The number of amides is 1. The van der Waals surface area contributed by atoms with Crippen molar-refractivity contribution in [2.45, 2.75) is 33.1 Å². The molecule has 1 amide bonds. The van der Waals surface area contributed by atoms with E-state index in [1.54, 1.807) is 13.3 Å². The van der Waals surface area contributed by atoms with Crippen LogP contribution in [0.3, 0.4) is 0 Å². The summed E-state index contributed by atoms with van der Waals surface area (Å²) in [6, 6.07) is 13.8. The number of aryl methyl sites for hydroxylation is 2. The maximum absolute atomic E-state index is 11.9. The molecule has 2 aromatic rings. The molecule has 138 valence electrons. The van der Waals surface area contributed by atoms with Gasteiger partial charge in [0.1, 0.15) is 11.5 Å². The number of hydrazone groups is 1. The molecule has 0 fully saturated rings. The van der Waals surface area contributed by atoms with E-state index in [1.807, 2.05) is 56.3 Å². The topological polar surface area (TPSA) is 59.9 Å². The molecule has 0 aromatic heterocycles. The Labute approximate surface area is 155 Å². The van der Waals surface area contributed by atoms with E-state index in [2.05, 4.69) is 10.5 Å². The average Bonchev–Trinajstić information content (AvgIpc) is 2.65. The van der Waals surface area contributed by atoms with Gasteiger partial charge in [0, 0.05) is 6.42 Å². The number of ether oxygens (including phenoxy) is 2. The average molecular weight is 354 g/mol. The van der Waals surface area contributed by atoms with Gasteiger partial charge in [-0.25, -0.2) is 5.43 Å². The molecule has 0 aliphatic heterocycles. The summed E-state index contributed by atoms with van der Waals surface area (Å²) in [5.41, 5.74) is 5.69. The maximum atomic E-state index is 11.9. The smallest absolute Gasteiger partial charge is 0.240 e. The van der Waals surface area contributed by atoms with Crippen molar-refractivity contribution in [3.05, 3.63) is 59.2 Å². The van der Waals surface area contributed by atoms with E-state index in [0.717, 1.165) is 35.5 Å². The van der Waals surface area contributed by atoms with Crippen LogP contribution in [0.2, 0.25) is 0 Å². The summed E-state index contributed by atoms with van der Waals surface area (Å²) in [7, 11) is 1.63. The van der Waals surface area contributed by atoms with Crippen LogP contribution in [0.5, 0.6) is 11.5 Å². The van der Waals surface area contributed by atoms with Crippen molar-refractivity contribution in [1.29, 1.82) is 0 Å². The van der Waals surface area contributed by atoms with E-state index in [4.69, 9.17) is 9.47 Å². The minimum Gasteiger partial charge on any atom is -0.496 e. The zero-order valence-electron chi connectivity index (χ0n) is 15.6. The first-order chi connectivity index (χ1) is 12.6. The highest BCUT2D eigenvalue weighted by Gasteiger charge is 2.02. The summed E-state index contributed by atoms with van der Waals surface area (Å²) in [6.45, 7) is 4.60. The molecule has 0 aliphatic carbocycles. The van der Waals surface area contributed by atoms with Gasteiger partial charge in [0.05, 0.1) is 19.9 Å². The van der Waals surface area contributed by atoms with Gasteiger partial charge >= 0.3 is 0 Å². The van der Waals surface area contributed by atoms with Gasteiger partial charge in [0.2, 0.25) is 5.91 Å². The molecule has 5 nitrogen and oxygen atoms in total. The van der Waals surface area contributed by atoms with Crippen molar-refractivity contribution >= 4 is 12.1 Å². The zero-order chi connectivity index (χ0) is 18.8. The molecule has 5 heteroatoms. The lowest BCUT2D eigenvalue weighted by Gasteiger charge is -2.05. The Kier molecular flexibility index (Phi) is 7.68. The van der Waals surface area contributed by atoms with Crippen molar-refractivity contribution in [3.8, 4) is 11.5 Å². The van der Waals surface area contributed by atoms with Crippen molar-refractivity contribution in [1.82, 2.24) is 5.43 Å². The van der Waals surface area contributed by atoms with E-state index >= 15 is 0 Å². The Hall–Kier alpha value is -2.82. The lowest BCUT2D eigenvalue weighted by molar-refractivity contribution is -0.121. The summed E-state index contributed by atoms with van der Waals surface area (Å²) in [5, 5.41) is 4.01. The molecule has 0 saturated heterocycles. The molecule has 0 heterocycles. The van der Waals surface area contributed by atoms with Gasteiger partial charge in [-0.15, -0.1) is 0 Å². The Balaban J connectivity index is 1.73. The predicted molar refractivity (Wildman–Crippen MR) is 104 cm³/mol. The van der Waals surface area contributed by atoms with Crippen molar-refractivity contribution in [2.24, 2.45) is 5.10 Å². The number of benzene rings is 2. The van der Waals surface area contributed by atoms with Gasteiger partial charge in [0.15, 0.2) is 0 Å². The van der Waals surface area contributed by atoms with Gasteiger partial charge in [-0.3, -0.25) is 4.79 Å². The standard InChI is InChI=1S/C21H26N2O3/c1-4-26-19-12-10-17(11-13-19)6-5-7-21(24)23-22-15-18-9-8-16(2)20(14-18)25-3/h8-15H,4-7H2,1-3H3,(H,23,24)/b22-15-. The Morgan fingerprint density at radius 2 is 1.96 bits per heavy atom. The van der Waals surface area contributed by atoms with Crippen molar-refractivity contribution < 1.29 is 14.3 Å². The van der Waals surface area contributed by atoms with Crippen LogP contribution in [0.4, 0.5) is 0 Å². The fourth-order valence-corrected chi connectivity index (χ4v) is 2.52. The Bertz CT molecular complexity index is 739. The number of hydrogen-bond donors (Lipinski definition) is 1. The second kappa shape index (κ2) is 10.2. The number of carbonyl (C=O) groups excluding carboxylic acids is 1. The van der Waals surface area contributed by atoms with E-state index in [-0.39, 0.29) is 5.91 Å².